The van der Waals surface area contributed by atoms with Gasteiger partial charge in [0.15, 0.2) is 0 Å². The number of nitro groups is 1. The summed E-state index contributed by atoms with van der Waals surface area (Å²) in [5.41, 5.74) is 2.22. The van der Waals surface area contributed by atoms with Crippen molar-refractivity contribution in [3.05, 3.63) is 70.1 Å². The molecule has 1 fully saturated rings. The maximum absolute atomic E-state index is 12.3. The van der Waals surface area contributed by atoms with Crippen molar-refractivity contribution in [1.82, 2.24) is 19.9 Å². The van der Waals surface area contributed by atoms with Crippen molar-refractivity contribution < 1.29 is 14.2 Å². The predicted molar refractivity (Wildman–Crippen MR) is 127 cm³/mol. The Morgan fingerprint density at radius 1 is 1.15 bits per heavy atom. The molecule has 1 unspecified atom stereocenters. The van der Waals surface area contributed by atoms with Crippen molar-refractivity contribution in [2.75, 3.05) is 38.0 Å². The van der Waals surface area contributed by atoms with Gasteiger partial charge in [-0.1, -0.05) is 47.1 Å². The molecule has 34 heavy (non-hydrogen) atoms. The molecule has 4 rings (SSSR count). The summed E-state index contributed by atoms with van der Waals surface area (Å²) in [6, 6.07) is 14.2. The molecule has 0 saturated carbocycles. The fourth-order valence-corrected chi connectivity index (χ4v) is 3.97. The van der Waals surface area contributed by atoms with Gasteiger partial charge in [-0.15, -0.1) is 0 Å². The zero-order valence-electron chi connectivity index (χ0n) is 19.3. The van der Waals surface area contributed by atoms with Gasteiger partial charge in [0.05, 0.1) is 11.0 Å². The predicted octanol–water partition coefficient (Wildman–Crippen LogP) is 3.66. The molecule has 1 atom stereocenters. The monoisotopic (exact) mass is 464 g/mol. The molecule has 1 aliphatic rings. The summed E-state index contributed by atoms with van der Waals surface area (Å²) in [5, 5.41) is 17.9. The number of aromatic nitrogens is 2. The minimum Gasteiger partial charge on any atom is -0.337 e. The van der Waals surface area contributed by atoms with Crippen LogP contribution in [-0.2, 0) is 4.79 Å². The molecule has 1 aliphatic heterocycles. The Morgan fingerprint density at radius 2 is 1.85 bits per heavy atom. The number of rotatable bonds is 8. The van der Waals surface area contributed by atoms with E-state index in [2.05, 4.69) is 32.2 Å². The minimum atomic E-state index is -0.497. The fourth-order valence-electron chi connectivity index (χ4n) is 3.97. The molecule has 10 nitrogen and oxygen atoms in total. The summed E-state index contributed by atoms with van der Waals surface area (Å²) >= 11 is 0. The number of nitrogens with one attached hydrogen (secondary N) is 1. The third-order valence-electron chi connectivity index (χ3n) is 6.09. The highest BCUT2D eigenvalue weighted by atomic mass is 16.6. The number of carbonyl (C=O) groups is 1. The largest absolute Gasteiger partial charge is 0.337 e. The van der Waals surface area contributed by atoms with E-state index in [1.165, 1.54) is 17.7 Å². The molecular weight excluding hydrogens is 436 g/mol. The molecule has 0 spiro atoms. The van der Waals surface area contributed by atoms with E-state index >= 15 is 0 Å². The van der Waals surface area contributed by atoms with Crippen molar-refractivity contribution in [3.8, 4) is 11.4 Å². The van der Waals surface area contributed by atoms with Crippen LogP contribution in [0.5, 0.6) is 0 Å². The summed E-state index contributed by atoms with van der Waals surface area (Å²) in [4.78, 5) is 32.0. The van der Waals surface area contributed by atoms with Gasteiger partial charge in [-0.05, 0) is 19.9 Å². The highest BCUT2D eigenvalue weighted by Crippen LogP contribution is 2.25. The number of carbonyl (C=O) groups excluding carboxylic acids is 1. The van der Waals surface area contributed by atoms with Crippen LogP contribution in [0.4, 0.5) is 11.4 Å². The first-order valence-electron chi connectivity index (χ1n) is 11.3. The van der Waals surface area contributed by atoms with Crippen LogP contribution in [0.2, 0.25) is 0 Å². The molecule has 0 radical (unpaired) electrons. The lowest BCUT2D eigenvalue weighted by Crippen LogP contribution is -2.47. The number of hydrogen-bond acceptors (Lipinski definition) is 8. The Labute approximate surface area is 197 Å². The van der Waals surface area contributed by atoms with Crippen LogP contribution >= 0.6 is 0 Å². The molecule has 10 heteroatoms. The van der Waals surface area contributed by atoms with Gasteiger partial charge in [0.2, 0.25) is 17.6 Å². The molecule has 1 N–H and O–H groups in total. The SMILES string of the molecule is Cc1ccc(-c2noc(C(C)N3CCN(CCC(=O)Nc4ccccc4[N+](=O)[O-])CC3)n2)cc1. The summed E-state index contributed by atoms with van der Waals surface area (Å²) in [7, 11) is 0. The molecule has 0 aliphatic carbocycles. The summed E-state index contributed by atoms with van der Waals surface area (Å²) in [6.45, 7) is 7.93. The van der Waals surface area contributed by atoms with Crippen molar-refractivity contribution in [3.63, 3.8) is 0 Å². The molecule has 178 valence electrons. The topological polar surface area (TPSA) is 118 Å². The van der Waals surface area contributed by atoms with E-state index in [9.17, 15) is 14.9 Å². The lowest BCUT2D eigenvalue weighted by atomic mass is 10.1. The fraction of sp³-hybridized carbons (Fsp3) is 0.375. The van der Waals surface area contributed by atoms with Crippen LogP contribution in [0.3, 0.4) is 0 Å². The van der Waals surface area contributed by atoms with E-state index in [4.69, 9.17) is 4.52 Å². The van der Waals surface area contributed by atoms with E-state index in [1.54, 1.807) is 12.1 Å². The van der Waals surface area contributed by atoms with Gasteiger partial charge in [-0.3, -0.25) is 19.8 Å². The van der Waals surface area contributed by atoms with Gasteiger partial charge in [0.25, 0.3) is 5.69 Å². The van der Waals surface area contributed by atoms with Gasteiger partial charge < -0.3 is 14.7 Å². The Hall–Kier alpha value is -3.63. The molecule has 3 aromatic rings. The van der Waals surface area contributed by atoms with Gasteiger partial charge in [-0.25, -0.2) is 0 Å². The first kappa shape index (κ1) is 23.5. The second-order valence-electron chi connectivity index (χ2n) is 8.45. The Morgan fingerprint density at radius 3 is 2.56 bits per heavy atom. The number of piperazine rings is 1. The van der Waals surface area contributed by atoms with Crippen molar-refractivity contribution in [1.29, 1.82) is 0 Å². The van der Waals surface area contributed by atoms with Gasteiger partial charge in [-0.2, -0.15) is 4.98 Å². The number of hydrogen-bond donors (Lipinski definition) is 1. The smallest absolute Gasteiger partial charge is 0.292 e. The molecule has 1 saturated heterocycles. The average Bonchev–Trinajstić information content (AvgIpc) is 3.33. The Bertz CT molecular complexity index is 1140. The van der Waals surface area contributed by atoms with E-state index < -0.39 is 4.92 Å². The second-order valence-corrected chi connectivity index (χ2v) is 8.45. The third kappa shape index (κ3) is 5.64. The third-order valence-corrected chi connectivity index (χ3v) is 6.09. The number of para-hydroxylation sites is 2. The minimum absolute atomic E-state index is 0.00391. The highest BCUT2D eigenvalue weighted by Gasteiger charge is 2.26. The van der Waals surface area contributed by atoms with Crippen LogP contribution in [-0.4, -0.2) is 63.5 Å². The van der Waals surface area contributed by atoms with Crippen LogP contribution in [0.1, 0.15) is 30.8 Å². The number of amides is 1. The zero-order valence-corrected chi connectivity index (χ0v) is 19.3. The Balaban J connectivity index is 1.25. The number of nitrogens with zero attached hydrogens (tertiary/aromatic N) is 5. The van der Waals surface area contributed by atoms with Gasteiger partial charge in [0.1, 0.15) is 5.69 Å². The molecule has 2 heterocycles. The maximum atomic E-state index is 12.3. The first-order valence-corrected chi connectivity index (χ1v) is 11.3. The van der Waals surface area contributed by atoms with E-state index in [-0.39, 0.29) is 29.7 Å². The van der Waals surface area contributed by atoms with Crippen molar-refractivity contribution in [2.45, 2.75) is 26.3 Å². The number of aryl methyl sites for hydroxylation is 1. The zero-order chi connectivity index (χ0) is 24.1. The van der Waals surface area contributed by atoms with Crippen LogP contribution in [0.15, 0.2) is 53.1 Å². The van der Waals surface area contributed by atoms with E-state index in [1.807, 2.05) is 31.2 Å². The van der Waals surface area contributed by atoms with E-state index in [0.717, 1.165) is 31.7 Å². The lowest BCUT2D eigenvalue weighted by molar-refractivity contribution is -0.383. The number of anilines is 1. The van der Waals surface area contributed by atoms with Crippen molar-refractivity contribution in [2.24, 2.45) is 0 Å². The normalized spacial score (nSPS) is 15.7. The highest BCUT2D eigenvalue weighted by molar-refractivity contribution is 5.93. The molecular formula is C24H28N6O4. The Kier molecular flexibility index (Phi) is 7.29. The molecule has 1 amide bonds. The van der Waals surface area contributed by atoms with Crippen LogP contribution in [0.25, 0.3) is 11.4 Å². The van der Waals surface area contributed by atoms with E-state index in [0.29, 0.717) is 18.3 Å². The quantitative estimate of drug-likeness (QED) is 0.396. The second kappa shape index (κ2) is 10.5. The summed E-state index contributed by atoms with van der Waals surface area (Å²) < 4.78 is 5.54. The van der Waals surface area contributed by atoms with Crippen LogP contribution in [0, 0.1) is 17.0 Å². The first-order chi connectivity index (χ1) is 16.4. The summed E-state index contributed by atoms with van der Waals surface area (Å²) in [5.74, 6) is 0.942. The van der Waals surface area contributed by atoms with Crippen molar-refractivity contribution >= 4 is 17.3 Å². The number of nitro benzene ring substituents is 1. The average molecular weight is 465 g/mol. The molecule has 0 bridgehead atoms. The van der Waals surface area contributed by atoms with Gasteiger partial charge in [0, 0.05) is 50.8 Å². The lowest BCUT2D eigenvalue weighted by Gasteiger charge is -2.36. The number of benzene rings is 2. The summed E-state index contributed by atoms with van der Waals surface area (Å²) in [6.07, 6.45) is 0.269. The maximum Gasteiger partial charge on any atom is 0.292 e. The van der Waals surface area contributed by atoms with Crippen LogP contribution < -0.4 is 5.32 Å². The molecule has 1 aromatic heterocycles. The van der Waals surface area contributed by atoms with Gasteiger partial charge >= 0.3 is 0 Å². The standard InChI is InChI=1S/C24H28N6O4/c1-17-7-9-19(10-8-17)23-26-24(34-27-23)18(2)29-15-13-28(14-16-29)12-11-22(31)25-20-5-3-4-6-21(20)30(32)33/h3-10,18H,11-16H2,1-2H3,(H,25,31). The molecule has 2 aromatic carbocycles.